The summed E-state index contributed by atoms with van der Waals surface area (Å²) in [7, 11) is -3.36. The molecule has 1 aliphatic heterocycles. The molecule has 1 aromatic rings. The summed E-state index contributed by atoms with van der Waals surface area (Å²) in [6.45, 7) is -0.451. The van der Waals surface area contributed by atoms with Crippen molar-refractivity contribution in [2.45, 2.75) is 50.2 Å². The van der Waals surface area contributed by atoms with Gasteiger partial charge < -0.3 is 14.7 Å². The Morgan fingerprint density at radius 2 is 1.77 bits per heavy atom. The fraction of sp³-hybridized carbons (Fsp3) is 0.565. The average Bonchev–Trinajstić information content (AvgIpc) is 3.04. The van der Waals surface area contributed by atoms with Crippen molar-refractivity contribution < 1.29 is 27.9 Å². The lowest BCUT2D eigenvalue weighted by Gasteiger charge is -2.58. The molecular weight excluding hydrogens is 418 g/mol. The van der Waals surface area contributed by atoms with Gasteiger partial charge in [0.15, 0.2) is 16.4 Å². The van der Waals surface area contributed by atoms with E-state index in [1.165, 1.54) is 11.0 Å². The fourth-order valence-corrected chi connectivity index (χ4v) is 7.90. The Labute approximate surface area is 182 Å². The summed E-state index contributed by atoms with van der Waals surface area (Å²) in [4.78, 5) is 27.6. The van der Waals surface area contributed by atoms with Crippen LogP contribution in [0, 0.1) is 17.3 Å². The summed E-state index contributed by atoms with van der Waals surface area (Å²) in [6.07, 6.45) is 5.89. The quantitative estimate of drug-likeness (QED) is 0.698. The van der Waals surface area contributed by atoms with Crippen LogP contribution in [0.2, 0.25) is 0 Å². The van der Waals surface area contributed by atoms with Crippen LogP contribution in [-0.4, -0.2) is 49.4 Å². The molecule has 1 aromatic carbocycles. The third kappa shape index (κ3) is 3.80. The van der Waals surface area contributed by atoms with Gasteiger partial charge in [0.1, 0.15) is 0 Å². The Hall–Kier alpha value is -2.19. The van der Waals surface area contributed by atoms with E-state index in [0.717, 1.165) is 24.7 Å². The van der Waals surface area contributed by atoms with E-state index >= 15 is 0 Å². The van der Waals surface area contributed by atoms with Gasteiger partial charge in [-0.25, -0.2) is 8.42 Å². The number of hydrogen-bond acceptors (Lipinski definition) is 6. The molecule has 0 aromatic heterocycles. The standard InChI is InChI=1S/C23H27NO6S/c25-20(24(18-4-2-1-3-5-18)19-6-7-31(28,29)14-19)13-30-21(26)22-9-16-8-17(10-22)12-23(27,11-16)15-22/h1-7,16-17,19,27H,8-15H2/t16-,17-,19-,22?,23?/m1/s1. The predicted octanol–water partition coefficient (Wildman–Crippen LogP) is 2.20. The Morgan fingerprint density at radius 3 is 2.35 bits per heavy atom. The van der Waals surface area contributed by atoms with Crippen molar-refractivity contribution in [1.29, 1.82) is 0 Å². The highest BCUT2D eigenvalue weighted by Crippen LogP contribution is 2.61. The maximum Gasteiger partial charge on any atom is 0.312 e. The van der Waals surface area contributed by atoms with Crippen molar-refractivity contribution in [3.05, 3.63) is 41.8 Å². The number of hydrogen-bond donors (Lipinski definition) is 1. The highest BCUT2D eigenvalue weighted by molar-refractivity contribution is 7.94. The summed E-state index contributed by atoms with van der Waals surface area (Å²) >= 11 is 0. The predicted molar refractivity (Wildman–Crippen MR) is 114 cm³/mol. The second-order valence-corrected chi connectivity index (χ2v) is 11.8. The lowest BCUT2D eigenvalue weighted by molar-refractivity contribution is -0.196. The molecule has 4 fully saturated rings. The van der Waals surface area contributed by atoms with E-state index in [4.69, 9.17) is 4.74 Å². The number of aliphatic hydroxyl groups is 1. The van der Waals surface area contributed by atoms with E-state index in [1.807, 2.05) is 6.07 Å². The van der Waals surface area contributed by atoms with Crippen LogP contribution >= 0.6 is 0 Å². The molecule has 1 amide bonds. The first kappa shape index (κ1) is 20.7. The number of ether oxygens (including phenoxy) is 1. The second kappa shape index (κ2) is 7.17. The maximum absolute atomic E-state index is 13.1. The highest BCUT2D eigenvalue weighted by atomic mass is 32.2. The number of sulfone groups is 1. The number of para-hydroxylation sites is 1. The number of carbonyl (C=O) groups is 2. The summed E-state index contributed by atoms with van der Waals surface area (Å²) in [5.41, 5.74) is -0.932. The number of rotatable bonds is 5. The summed E-state index contributed by atoms with van der Waals surface area (Å²) in [6, 6.07) is 8.17. The first-order chi connectivity index (χ1) is 14.7. The zero-order valence-electron chi connectivity index (χ0n) is 17.3. The molecule has 0 unspecified atom stereocenters. The van der Waals surface area contributed by atoms with Gasteiger partial charge >= 0.3 is 5.97 Å². The fourth-order valence-electron chi connectivity index (χ4n) is 6.63. The van der Waals surface area contributed by atoms with Crippen LogP contribution in [0.1, 0.15) is 38.5 Å². The molecule has 0 spiro atoms. The van der Waals surface area contributed by atoms with Crippen molar-refractivity contribution in [3.63, 3.8) is 0 Å². The number of nitrogens with zero attached hydrogens (tertiary/aromatic N) is 1. The molecule has 7 nitrogen and oxygen atoms in total. The number of amides is 1. The van der Waals surface area contributed by atoms with Crippen LogP contribution in [0.15, 0.2) is 41.8 Å². The normalized spacial score (nSPS) is 37.0. The van der Waals surface area contributed by atoms with E-state index in [2.05, 4.69) is 0 Å². The zero-order valence-corrected chi connectivity index (χ0v) is 18.1. The molecule has 0 saturated heterocycles. The third-order valence-corrected chi connectivity index (χ3v) is 8.71. The van der Waals surface area contributed by atoms with Crippen molar-refractivity contribution >= 4 is 27.4 Å². The third-order valence-electron chi connectivity index (χ3n) is 7.34. The molecule has 8 heteroatoms. The zero-order chi connectivity index (χ0) is 21.9. The van der Waals surface area contributed by atoms with E-state index in [9.17, 15) is 23.1 Å². The smallest absolute Gasteiger partial charge is 0.312 e. The van der Waals surface area contributed by atoms with Gasteiger partial charge in [-0.3, -0.25) is 9.59 Å². The van der Waals surface area contributed by atoms with Gasteiger partial charge in [-0.1, -0.05) is 18.2 Å². The van der Waals surface area contributed by atoms with Crippen molar-refractivity contribution in [1.82, 2.24) is 0 Å². The minimum Gasteiger partial charge on any atom is -0.455 e. The van der Waals surface area contributed by atoms with Crippen LogP contribution < -0.4 is 4.90 Å². The summed E-state index contributed by atoms with van der Waals surface area (Å²) < 4.78 is 29.4. The van der Waals surface area contributed by atoms with Gasteiger partial charge in [-0.05, 0) is 68.6 Å². The van der Waals surface area contributed by atoms with Crippen LogP contribution in [0.3, 0.4) is 0 Å². The number of anilines is 1. The molecule has 4 saturated carbocycles. The van der Waals surface area contributed by atoms with E-state index in [1.54, 1.807) is 24.3 Å². The average molecular weight is 446 g/mol. The maximum atomic E-state index is 13.1. The largest absolute Gasteiger partial charge is 0.455 e. The molecule has 1 heterocycles. The Kier molecular flexibility index (Phi) is 4.79. The van der Waals surface area contributed by atoms with Gasteiger partial charge in [-0.15, -0.1) is 0 Å². The van der Waals surface area contributed by atoms with E-state index < -0.39 is 45.4 Å². The van der Waals surface area contributed by atoms with Gasteiger partial charge in [-0.2, -0.15) is 0 Å². The molecule has 6 rings (SSSR count). The Balaban J connectivity index is 1.31. The minimum absolute atomic E-state index is 0.193. The Bertz CT molecular complexity index is 1020. The molecule has 3 atom stereocenters. The van der Waals surface area contributed by atoms with Gasteiger partial charge in [0.05, 0.1) is 22.8 Å². The lowest BCUT2D eigenvalue weighted by atomic mass is 9.48. The van der Waals surface area contributed by atoms with Crippen LogP contribution in [0.5, 0.6) is 0 Å². The molecule has 5 aliphatic rings. The SMILES string of the molecule is O=C(COC(=O)C12C[C@H]3C[C@@H](CC(O)(C3)C1)C2)N(c1ccccc1)[C@@H]1C=CS(=O)(=O)C1. The first-order valence-electron chi connectivity index (χ1n) is 10.8. The molecule has 1 N–H and O–H groups in total. The lowest BCUT2D eigenvalue weighted by Crippen LogP contribution is -2.58. The number of benzene rings is 1. The van der Waals surface area contributed by atoms with Crippen molar-refractivity contribution in [2.24, 2.45) is 17.3 Å². The van der Waals surface area contributed by atoms with Gasteiger partial charge in [0.25, 0.3) is 5.91 Å². The monoisotopic (exact) mass is 445 g/mol. The molecule has 4 bridgehead atoms. The minimum atomic E-state index is -3.36. The topological polar surface area (TPSA) is 101 Å². The van der Waals surface area contributed by atoms with Crippen molar-refractivity contribution in [3.8, 4) is 0 Å². The first-order valence-corrected chi connectivity index (χ1v) is 12.6. The van der Waals surface area contributed by atoms with E-state index in [-0.39, 0.29) is 5.75 Å². The summed E-state index contributed by atoms with van der Waals surface area (Å²) in [5, 5.41) is 12.0. The highest BCUT2D eigenvalue weighted by Gasteiger charge is 2.61. The second-order valence-electron chi connectivity index (χ2n) is 9.87. The van der Waals surface area contributed by atoms with Crippen LogP contribution in [-0.2, 0) is 24.2 Å². The van der Waals surface area contributed by atoms with Crippen LogP contribution in [0.25, 0.3) is 0 Å². The van der Waals surface area contributed by atoms with Gasteiger partial charge in [0, 0.05) is 11.1 Å². The van der Waals surface area contributed by atoms with Gasteiger partial charge in [0.2, 0.25) is 0 Å². The van der Waals surface area contributed by atoms with E-state index in [0.29, 0.717) is 36.8 Å². The molecule has 4 aliphatic carbocycles. The summed E-state index contributed by atoms with van der Waals surface area (Å²) in [5.74, 6) is -0.388. The number of carbonyl (C=O) groups excluding carboxylic acids is 2. The molecular formula is C23H27NO6S. The Morgan fingerprint density at radius 1 is 1.10 bits per heavy atom. The molecule has 31 heavy (non-hydrogen) atoms. The molecule has 0 radical (unpaired) electrons. The molecule has 166 valence electrons. The van der Waals surface area contributed by atoms with Crippen LogP contribution in [0.4, 0.5) is 5.69 Å². The number of esters is 1. The van der Waals surface area contributed by atoms with Crippen molar-refractivity contribution in [2.75, 3.05) is 17.3 Å².